The van der Waals surface area contributed by atoms with E-state index in [0.29, 0.717) is 11.5 Å². The third-order valence-electron chi connectivity index (χ3n) is 3.51. The third-order valence-corrected chi connectivity index (χ3v) is 3.51. The van der Waals surface area contributed by atoms with Crippen LogP contribution in [0.5, 0.6) is 0 Å². The molecule has 0 radical (unpaired) electrons. The first-order chi connectivity index (χ1) is 8.70. The zero-order valence-corrected chi connectivity index (χ0v) is 10.4. The van der Waals surface area contributed by atoms with Crippen molar-refractivity contribution in [2.45, 2.75) is 19.3 Å². The van der Waals surface area contributed by atoms with Crippen LogP contribution >= 0.6 is 0 Å². The summed E-state index contributed by atoms with van der Waals surface area (Å²) in [5.41, 5.74) is 5.91. The Labute approximate surface area is 106 Å². The van der Waals surface area contributed by atoms with Gasteiger partial charge in [-0.2, -0.15) is 0 Å². The van der Waals surface area contributed by atoms with Gasteiger partial charge in [-0.1, -0.05) is 0 Å². The number of likely N-dealkylation sites (tertiary alicyclic amines) is 1. The lowest BCUT2D eigenvalue weighted by molar-refractivity contribution is 0.0687. The van der Waals surface area contributed by atoms with Gasteiger partial charge in [-0.05, 0) is 37.8 Å². The van der Waals surface area contributed by atoms with Crippen molar-refractivity contribution in [2.24, 2.45) is 11.7 Å². The number of nitrogens with two attached hydrogens (primary N) is 1. The molecule has 1 aliphatic heterocycles. The molecule has 0 saturated carbocycles. The van der Waals surface area contributed by atoms with Gasteiger partial charge in [0.05, 0.1) is 5.56 Å². The van der Waals surface area contributed by atoms with Gasteiger partial charge < -0.3 is 15.6 Å². The summed E-state index contributed by atoms with van der Waals surface area (Å²) < 4.78 is 0. The first kappa shape index (κ1) is 12.8. The second kappa shape index (κ2) is 5.82. The number of rotatable bonds is 3. The van der Waals surface area contributed by atoms with Crippen LogP contribution in [0.2, 0.25) is 0 Å². The van der Waals surface area contributed by atoms with E-state index in [9.17, 15) is 9.59 Å². The fourth-order valence-electron chi connectivity index (χ4n) is 2.39. The molecule has 98 valence electrons. The molecule has 0 aliphatic carbocycles. The molecule has 1 fully saturated rings. The molecule has 3 N–H and O–H groups in total. The molecule has 1 amide bonds. The van der Waals surface area contributed by atoms with E-state index in [1.54, 1.807) is 6.07 Å². The summed E-state index contributed by atoms with van der Waals surface area (Å²) in [4.78, 5) is 27.5. The summed E-state index contributed by atoms with van der Waals surface area (Å²) in [7, 11) is 0. The molecule has 0 atom stereocenters. The number of carbonyl (C=O) groups is 1. The predicted molar refractivity (Wildman–Crippen MR) is 69.4 cm³/mol. The van der Waals surface area contributed by atoms with Crippen molar-refractivity contribution in [1.29, 1.82) is 0 Å². The third kappa shape index (κ3) is 2.98. The maximum absolute atomic E-state index is 12.2. The number of hydrogen-bond donors (Lipinski definition) is 2. The lowest BCUT2D eigenvalue weighted by Gasteiger charge is -2.31. The van der Waals surface area contributed by atoms with Gasteiger partial charge in [-0.15, -0.1) is 0 Å². The maximum Gasteiger partial charge on any atom is 0.255 e. The molecular formula is C13H19N3O2. The van der Waals surface area contributed by atoms with Gasteiger partial charge >= 0.3 is 0 Å². The fraction of sp³-hybridized carbons (Fsp3) is 0.538. The number of aromatic amines is 1. The topological polar surface area (TPSA) is 79.2 Å². The van der Waals surface area contributed by atoms with Crippen molar-refractivity contribution < 1.29 is 4.79 Å². The molecule has 0 spiro atoms. The average molecular weight is 249 g/mol. The predicted octanol–water partition coefficient (Wildman–Crippen LogP) is 0.576. The zero-order chi connectivity index (χ0) is 13.0. The minimum Gasteiger partial charge on any atom is -0.339 e. The van der Waals surface area contributed by atoms with Crippen LogP contribution in [0.25, 0.3) is 0 Å². The van der Waals surface area contributed by atoms with Crippen LogP contribution in [-0.2, 0) is 0 Å². The quantitative estimate of drug-likeness (QED) is 0.822. The zero-order valence-electron chi connectivity index (χ0n) is 10.4. The minimum absolute atomic E-state index is 0.00236. The molecule has 5 heteroatoms. The molecule has 0 unspecified atom stereocenters. The Morgan fingerprint density at radius 3 is 2.67 bits per heavy atom. The van der Waals surface area contributed by atoms with Crippen LogP contribution in [-0.4, -0.2) is 35.4 Å². The van der Waals surface area contributed by atoms with E-state index in [1.807, 2.05) is 4.90 Å². The van der Waals surface area contributed by atoms with Gasteiger partial charge in [0.1, 0.15) is 0 Å². The Morgan fingerprint density at radius 2 is 2.11 bits per heavy atom. The van der Waals surface area contributed by atoms with Crippen molar-refractivity contribution in [1.82, 2.24) is 9.88 Å². The number of nitrogens with zero attached hydrogens (tertiary/aromatic N) is 1. The lowest BCUT2D eigenvalue weighted by Crippen LogP contribution is -2.39. The normalized spacial score (nSPS) is 16.8. The summed E-state index contributed by atoms with van der Waals surface area (Å²) in [6, 6.07) is 2.96. The highest BCUT2D eigenvalue weighted by Crippen LogP contribution is 2.20. The maximum atomic E-state index is 12.2. The smallest absolute Gasteiger partial charge is 0.255 e. The SMILES string of the molecule is NCCC1CCN(C(=O)c2ccc(=O)[nH]c2)CC1. The first-order valence-electron chi connectivity index (χ1n) is 6.39. The van der Waals surface area contributed by atoms with Crippen molar-refractivity contribution >= 4 is 5.91 Å². The average Bonchev–Trinajstić information content (AvgIpc) is 2.40. The van der Waals surface area contributed by atoms with Gasteiger partial charge in [0.25, 0.3) is 5.91 Å². The summed E-state index contributed by atoms with van der Waals surface area (Å²) >= 11 is 0. The lowest BCUT2D eigenvalue weighted by atomic mass is 9.93. The fourth-order valence-corrected chi connectivity index (χ4v) is 2.39. The van der Waals surface area contributed by atoms with Crippen molar-refractivity contribution in [2.75, 3.05) is 19.6 Å². The first-order valence-corrected chi connectivity index (χ1v) is 6.39. The molecule has 5 nitrogen and oxygen atoms in total. The molecule has 0 bridgehead atoms. The number of pyridine rings is 1. The molecule has 2 heterocycles. The van der Waals surface area contributed by atoms with Crippen LogP contribution < -0.4 is 11.3 Å². The number of amides is 1. The Bertz CT molecular complexity index is 441. The molecule has 1 saturated heterocycles. The second-order valence-electron chi connectivity index (χ2n) is 4.75. The molecular weight excluding hydrogens is 230 g/mol. The molecule has 2 rings (SSSR count). The van der Waals surface area contributed by atoms with E-state index >= 15 is 0 Å². The van der Waals surface area contributed by atoms with E-state index < -0.39 is 0 Å². The highest BCUT2D eigenvalue weighted by atomic mass is 16.2. The van der Waals surface area contributed by atoms with Crippen LogP contribution in [0, 0.1) is 5.92 Å². The van der Waals surface area contributed by atoms with Crippen molar-refractivity contribution in [3.63, 3.8) is 0 Å². The van der Waals surface area contributed by atoms with Crippen LogP contribution in [0.1, 0.15) is 29.6 Å². The molecule has 0 aromatic carbocycles. The number of aromatic nitrogens is 1. The van der Waals surface area contributed by atoms with Gasteiger partial charge in [0, 0.05) is 25.4 Å². The summed E-state index contributed by atoms with van der Waals surface area (Å²) in [5.74, 6) is 0.645. The van der Waals surface area contributed by atoms with Gasteiger partial charge in [-0.25, -0.2) is 0 Å². The Hall–Kier alpha value is -1.62. The second-order valence-corrected chi connectivity index (χ2v) is 4.75. The van der Waals surface area contributed by atoms with Crippen LogP contribution in [0.3, 0.4) is 0 Å². The number of carbonyl (C=O) groups excluding carboxylic acids is 1. The standard InChI is InChI=1S/C13H19N3O2/c14-6-3-10-4-7-16(8-5-10)13(18)11-1-2-12(17)15-9-11/h1-2,9-10H,3-8,14H2,(H,15,17). The Kier molecular flexibility index (Phi) is 4.15. The van der Waals surface area contributed by atoms with Crippen LogP contribution in [0.4, 0.5) is 0 Å². The monoisotopic (exact) mass is 249 g/mol. The van der Waals surface area contributed by atoms with E-state index in [-0.39, 0.29) is 11.5 Å². The van der Waals surface area contributed by atoms with Crippen molar-refractivity contribution in [3.05, 3.63) is 34.2 Å². The van der Waals surface area contributed by atoms with E-state index in [1.165, 1.54) is 12.3 Å². The highest BCUT2D eigenvalue weighted by molar-refractivity contribution is 5.93. The summed E-state index contributed by atoms with van der Waals surface area (Å²) in [6.45, 7) is 2.28. The molecule has 1 aromatic heterocycles. The van der Waals surface area contributed by atoms with Crippen molar-refractivity contribution in [3.8, 4) is 0 Å². The van der Waals surface area contributed by atoms with E-state index in [0.717, 1.165) is 38.9 Å². The number of hydrogen-bond acceptors (Lipinski definition) is 3. The molecule has 1 aliphatic rings. The number of nitrogens with one attached hydrogen (secondary N) is 1. The summed E-state index contributed by atoms with van der Waals surface area (Å²) in [6.07, 6.45) is 4.57. The Morgan fingerprint density at radius 1 is 1.39 bits per heavy atom. The molecule has 18 heavy (non-hydrogen) atoms. The summed E-state index contributed by atoms with van der Waals surface area (Å²) in [5, 5.41) is 0. The van der Waals surface area contributed by atoms with Gasteiger partial charge in [0.15, 0.2) is 0 Å². The van der Waals surface area contributed by atoms with E-state index in [4.69, 9.17) is 5.73 Å². The van der Waals surface area contributed by atoms with Crippen LogP contribution in [0.15, 0.2) is 23.1 Å². The minimum atomic E-state index is -0.187. The largest absolute Gasteiger partial charge is 0.339 e. The Balaban J connectivity index is 1.95. The highest BCUT2D eigenvalue weighted by Gasteiger charge is 2.23. The number of piperidine rings is 1. The van der Waals surface area contributed by atoms with E-state index in [2.05, 4.69) is 4.98 Å². The van der Waals surface area contributed by atoms with Gasteiger partial charge in [0.2, 0.25) is 5.56 Å². The number of H-pyrrole nitrogens is 1. The molecule has 1 aromatic rings. The van der Waals surface area contributed by atoms with Gasteiger partial charge in [-0.3, -0.25) is 9.59 Å².